The van der Waals surface area contributed by atoms with Gasteiger partial charge in [-0.3, -0.25) is 4.79 Å². The third-order valence-corrected chi connectivity index (χ3v) is 5.55. The summed E-state index contributed by atoms with van der Waals surface area (Å²) in [5.41, 5.74) is 1.54. The normalized spacial score (nSPS) is 16.5. The number of amides is 1. The predicted molar refractivity (Wildman–Crippen MR) is 97.1 cm³/mol. The summed E-state index contributed by atoms with van der Waals surface area (Å²) in [6.07, 6.45) is 4.03. The van der Waals surface area contributed by atoms with E-state index in [0.29, 0.717) is 0 Å². The van der Waals surface area contributed by atoms with Crippen molar-refractivity contribution in [2.45, 2.75) is 31.1 Å². The Morgan fingerprint density at radius 2 is 1.68 bits per heavy atom. The van der Waals surface area contributed by atoms with Crippen molar-refractivity contribution in [3.8, 4) is 0 Å². The van der Waals surface area contributed by atoms with Gasteiger partial charge in [0.15, 0.2) is 0 Å². The molecule has 1 saturated carbocycles. The first-order chi connectivity index (χ1) is 10.6. The third-order valence-electron chi connectivity index (χ3n) is 4.40. The highest BCUT2D eigenvalue weighted by molar-refractivity contribution is 9.11. The second-order valence-electron chi connectivity index (χ2n) is 5.73. The van der Waals surface area contributed by atoms with Gasteiger partial charge >= 0.3 is 0 Å². The van der Waals surface area contributed by atoms with Crippen LogP contribution < -0.4 is 5.32 Å². The van der Waals surface area contributed by atoms with Crippen LogP contribution in [0.5, 0.6) is 0 Å². The van der Waals surface area contributed by atoms with Crippen LogP contribution in [0.2, 0.25) is 0 Å². The van der Waals surface area contributed by atoms with Crippen molar-refractivity contribution in [2.24, 2.45) is 0 Å². The Hall–Kier alpha value is -1.13. The number of benzene rings is 2. The van der Waals surface area contributed by atoms with Gasteiger partial charge in [0.05, 0.1) is 11.1 Å². The van der Waals surface area contributed by atoms with Gasteiger partial charge in [0, 0.05) is 8.95 Å². The van der Waals surface area contributed by atoms with E-state index in [1.807, 2.05) is 36.4 Å². The standard InChI is InChI=1S/C18H17Br2NO/c19-14-8-9-16(15(20)12-14)21-17(22)18(10-4-5-11-18)13-6-2-1-3-7-13/h1-3,6-9,12H,4-5,10-11H2,(H,21,22). The van der Waals surface area contributed by atoms with Crippen LogP contribution in [0.15, 0.2) is 57.5 Å². The van der Waals surface area contributed by atoms with E-state index in [-0.39, 0.29) is 5.91 Å². The molecule has 2 aromatic rings. The van der Waals surface area contributed by atoms with Crippen molar-refractivity contribution >= 4 is 43.5 Å². The van der Waals surface area contributed by atoms with Crippen LogP contribution in [0, 0.1) is 0 Å². The first-order valence-corrected chi connectivity index (χ1v) is 9.02. The van der Waals surface area contributed by atoms with Gasteiger partial charge in [0.1, 0.15) is 0 Å². The molecule has 114 valence electrons. The molecule has 0 bridgehead atoms. The van der Waals surface area contributed by atoms with Gasteiger partial charge in [-0.25, -0.2) is 0 Å². The molecule has 0 heterocycles. The summed E-state index contributed by atoms with van der Waals surface area (Å²) in [4.78, 5) is 13.0. The minimum atomic E-state index is -0.395. The Morgan fingerprint density at radius 3 is 2.32 bits per heavy atom. The molecule has 1 N–H and O–H groups in total. The highest BCUT2D eigenvalue weighted by Gasteiger charge is 2.42. The van der Waals surface area contributed by atoms with Gasteiger partial charge < -0.3 is 5.32 Å². The fourth-order valence-electron chi connectivity index (χ4n) is 3.22. The maximum Gasteiger partial charge on any atom is 0.235 e. The van der Waals surface area contributed by atoms with Crippen LogP contribution in [-0.4, -0.2) is 5.91 Å². The lowest BCUT2D eigenvalue weighted by atomic mass is 9.78. The highest BCUT2D eigenvalue weighted by Crippen LogP contribution is 2.42. The lowest BCUT2D eigenvalue weighted by molar-refractivity contribution is -0.121. The maximum absolute atomic E-state index is 13.0. The molecule has 1 aliphatic rings. The van der Waals surface area contributed by atoms with E-state index in [9.17, 15) is 4.79 Å². The molecule has 0 unspecified atom stereocenters. The zero-order chi connectivity index (χ0) is 15.6. The molecule has 1 fully saturated rings. The fourth-order valence-corrected chi connectivity index (χ4v) is 4.36. The number of carbonyl (C=O) groups is 1. The largest absolute Gasteiger partial charge is 0.324 e. The van der Waals surface area contributed by atoms with E-state index in [0.717, 1.165) is 45.9 Å². The maximum atomic E-state index is 13.0. The molecule has 3 rings (SSSR count). The molecule has 2 nitrogen and oxygen atoms in total. The van der Waals surface area contributed by atoms with Crippen LogP contribution in [0.1, 0.15) is 31.2 Å². The molecule has 0 saturated heterocycles. The summed E-state index contributed by atoms with van der Waals surface area (Å²) in [7, 11) is 0. The molecule has 2 aromatic carbocycles. The fraction of sp³-hybridized carbons (Fsp3) is 0.278. The molecular formula is C18H17Br2NO. The molecule has 4 heteroatoms. The number of halogens is 2. The molecule has 0 aliphatic heterocycles. The summed E-state index contributed by atoms with van der Waals surface area (Å²) >= 11 is 6.95. The van der Waals surface area contributed by atoms with Crippen LogP contribution in [-0.2, 0) is 10.2 Å². The number of anilines is 1. The molecule has 1 amide bonds. The van der Waals surface area contributed by atoms with Crippen LogP contribution in [0.25, 0.3) is 0 Å². The topological polar surface area (TPSA) is 29.1 Å². The zero-order valence-electron chi connectivity index (χ0n) is 12.1. The molecule has 0 aromatic heterocycles. The van der Waals surface area contributed by atoms with Gasteiger partial charge in [-0.2, -0.15) is 0 Å². The summed E-state index contributed by atoms with van der Waals surface area (Å²) < 4.78 is 1.87. The Balaban J connectivity index is 1.91. The van der Waals surface area contributed by atoms with Gasteiger partial charge in [-0.05, 0) is 52.5 Å². The van der Waals surface area contributed by atoms with Gasteiger partial charge in [-0.1, -0.05) is 59.1 Å². The summed E-state index contributed by atoms with van der Waals surface area (Å²) in [5, 5.41) is 3.11. The van der Waals surface area contributed by atoms with E-state index < -0.39 is 5.41 Å². The van der Waals surface area contributed by atoms with Crippen LogP contribution >= 0.6 is 31.9 Å². The monoisotopic (exact) mass is 421 g/mol. The number of hydrogen-bond acceptors (Lipinski definition) is 1. The molecule has 0 radical (unpaired) electrons. The summed E-state index contributed by atoms with van der Waals surface area (Å²) in [5.74, 6) is 0.0965. The number of hydrogen-bond donors (Lipinski definition) is 1. The smallest absolute Gasteiger partial charge is 0.235 e. The van der Waals surface area contributed by atoms with E-state index in [2.05, 4.69) is 49.3 Å². The van der Waals surface area contributed by atoms with Gasteiger partial charge in [-0.15, -0.1) is 0 Å². The summed E-state index contributed by atoms with van der Waals surface area (Å²) in [6, 6.07) is 16.0. The predicted octanol–water partition coefficient (Wildman–Crippen LogP) is 5.66. The highest BCUT2D eigenvalue weighted by atomic mass is 79.9. The average Bonchev–Trinajstić information content (AvgIpc) is 3.02. The molecule has 0 atom stereocenters. The van der Waals surface area contributed by atoms with Crippen molar-refractivity contribution < 1.29 is 4.79 Å². The zero-order valence-corrected chi connectivity index (χ0v) is 15.3. The van der Waals surface area contributed by atoms with Crippen molar-refractivity contribution in [3.05, 3.63) is 63.0 Å². The van der Waals surface area contributed by atoms with E-state index >= 15 is 0 Å². The minimum absolute atomic E-state index is 0.0965. The Bertz CT molecular complexity index is 679. The van der Waals surface area contributed by atoms with Crippen molar-refractivity contribution in [3.63, 3.8) is 0 Å². The minimum Gasteiger partial charge on any atom is -0.324 e. The lowest BCUT2D eigenvalue weighted by Crippen LogP contribution is -2.38. The van der Waals surface area contributed by atoms with Gasteiger partial charge in [0.25, 0.3) is 0 Å². The molecule has 0 spiro atoms. The molecule has 22 heavy (non-hydrogen) atoms. The number of nitrogens with one attached hydrogen (secondary N) is 1. The Morgan fingerprint density at radius 1 is 1.00 bits per heavy atom. The van der Waals surface area contributed by atoms with E-state index in [1.54, 1.807) is 0 Å². The van der Waals surface area contributed by atoms with E-state index in [4.69, 9.17) is 0 Å². The van der Waals surface area contributed by atoms with Crippen LogP contribution in [0.4, 0.5) is 5.69 Å². The quantitative estimate of drug-likeness (QED) is 0.678. The second-order valence-corrected chi connectivity index (χ2v) is 7.50. The SMILES string of the molecule is O=C(Nc1ccc(Br)cc1Br)C1(c2ccccc2)CCCC1. The van der Waals surface area contributed by atoms with Gasteiger partial charge in [0.2, 0.25) is 5.91 Å². The Kier molecular flexibility index (Phi) is 4.69. The lowest BCUT2D eigenvalue weighted by Gasteiger charge is -2.28. The average molecular weight is 423 g/mol. The first-order valence-electron chi connectivity index (χ1n) is 7.44. The summed E-state index contributed by atoms with van der Waals surface area (Å²) in [6.45, 7) is 0. The Labute approximate surface area is 147 Å². The third kappa shape index (κ3) is 2.99. The molecular weight excluding hydrogens is 406 g/mol. The van der Waals surface area contributed by atoms with Crippen molar-refractivity contribution in [1.82, 2.24) is 0 Å². The van der Waals surface area contributed by atoms with Crippen molar-refractivity contribution in [1.29, 1.82) is 0 Å². The van der Waals surface area contributed by atoms with Crippen LogP contribution in [0.3, 0.4) is 0 Å². The van der Waals surface area contributed by atoms with E-state index in [1.165, 1.54) is 0 Å². The second kappa shape index (κ2) is 6.55. The first kappa shape index (κ1) is 15.8. The number of carbonyl (C=O) groups excluding carboxylic acids is 1. The van der Waals surface area contributed by atoms with Crippen molar-refractivity contribution in [2.75, 3.05) is 5.32 Å². The number of rotatable bonds is 3. The molecule has 1 aliphatic carbocycles.